The number of rotatable bonds is 4. The molecule has 1 aliphatic heterocycles. The molecule has 1 aromatic carbocycles. The summed E-state index contributed by atoms with van der Waals surface area (Å²) >= 11 is 0. The second-order valence-corrected chi connectivity index (χ2v) is 6.37. The topological polar surface area (TPSA) is 91.1 Å². The summed E-state index contributed by atoms with van der Waals surface area (Å²) in [5.74, 6) is -0.640. The molecule has 1 aromatic heterocycles. The van der Waals surface area contributed by atoms with Crippen LogP contribution in [0.4, 0.5) is 5.82 Å². The minimum Gasteiger partial charge on any atom is -0.378 e. The van der Waals surface area contributed by atoms with Gasteiger partial charge < -0.3 is 15.0 Å². The molecule has 2 aliphatic rings. The summed E-state index contributed by atoms with van der Waals surface area (Å²) in [5.41, 5.74) is 1.88. The zero-order chi connectivity index (χ0) is 17.2. The largest absolute Gasteiger partial charge is 0.378 e. The Morgan fingerprint density at radius 2 is 1.92 bits per heavy atom. The van der Waals surface area contributed by atoms with Crippen molar-refractivity contribution in [2.24, 2.45) is 0 Å². The third-order valence-corrected chi connectivity index (χ3v) is 4.48. The molecular weight excluding hydrogens is 318 g/mol. The lowest BCUT2D eigenvalue weighted by atomic mass is 10.0. The third kappa shape index (κ3) is 3.26. The molecule has 7 nitrogen and oxygen atoms in total. The Balaban J connectivity index is 1.78. The van der Waals surface area contributed by atoms with Crippen LogP contribution in [0.1, 0.15) is 24.5 Å². The minimum atomic E-state index is -0.962. The first-order chi connectivity index (χ1) is 12.3. The van der Waals surface area contributed by atoms with Crippen LogP contribution in [0, 0.1) is 11.3 Å². The molecule has 1 amide bonds. The summed E-state index contributed by atoms with van der Waals surface area (Å²) in [4.78, 5) is 24.0. The van der Waals surface area contributed by atoms with Crippen LogP contribution >= 0.6 is 0 Å². The zero-order valence-electron chi connectivity index (χ0n) is 13.8. The lowest BCUT2D eigenvalue weighted by Crippen LogP contribution is -2.39. The van der Waals surface area contributed by atoms with Gasteiger partial charge in [0.2, 0.25) is 5.91 Å². The molecular formula is C18H19N5O2. The Morgan fingerprint density at radius 3 is 2.56 bits per heavy atom. The Labute approximate surface area is 145 Å². The molecule has 1 unspecified atom stereocenters. The number of carbonyl (C=O) groups is 1. The highest BCUT2D eigenvalue weighted by molar-refractivity contribution is 5.89. The molecule has 1 saturated carbocycles. The van der Waals surface area contributed by atoms with Gasteiger partial charge in [-0.25, -0.2) is 9.97 Å². The van der Waals surface area contributed by atoms with Crippen molar-refractivity contribution in [2.45, 2.75) is 24.8 Å². The maximum atomic E-state index is 12.6. The summed E-state index contributed by atoms with van der Waals surface area (Å²) in [6.07, 6.45) is 1.95. The van der Waals surface area contributed by atoms with E-state index < -0.39 is 5.92 Å². The standard InChI is InChI=1S/C18H19N5O2/c19-11-13(18(24)20-12-5-6-12)16-17(23-7-9-25-10-8-23)22-15-4-2-1-3-14(15)21-16/h1-4,12-13H,5-10H2,(H,20,24). The SMILES string of the molecule is N#CC(C(=O)NC1CC1)c1nc2ccccc2nc1N1CCOCC1. The van der Waals surface area contributed by atoms with Gasteiger partial charge in [0, 0.05) is 19.1 Å². The first kappa shape index (κ1) is 15.8. The lowest BCUT2D eigenvalue weighted by Gasteiger charge is -2.29. The van der Waals surface area contributed by atoms with Gasteiger partial charge in [-0.15, -0.1) is 0 Å². The van der Waals surface area contributed by atoms with Gasteiger partial charge in [-0.05, 0) is 25.0 Å². The van der Waals surface area contributed by atoms with Gasteiger partial charge in [0.25, 0.3) is 0 Å². The van der Waals surface area contributed by atoms with Crippen LogP contribution in [0.15, 0.2) is 24.3 Å². The quantitative estimate of drug-likeness (QED) is 0.905. The number of nitrogens with zero attached hydrogens (tertiary/aromatic N) is 4. The molecule has 1 atom stereocenters. The predicted molar refractivity (Wildman–Crippen MR) is 92.1 cm³/mol. The molecule has 25 heavy (non-hydrogen) atoms. The number of morpholine rings is 1. The number of nitriles is 1. The van der Waals surface area contributed by atoms with E-state index in [1.165, 1.54) is 0 Å². The fourth-order valence-corrected chi connectivity index (χ4v) is 2.96. The molecule has 1 saturated heterocycles. The Kier molecular flexibility index (Phi) is 4.20. The van der Waals surface area contributed by atoms with Crippen molar-refractivity contribution in [3.8, 4) is 6.07 Å². The van der Waals surface area contributed by atoms with Crippen molar-refractivity contribution in [1.29, 1.82) is 5.26 Å². The van der Waals surface area contributed by atoms with E-state index in [0.29, 0.717) is 43.3 Å². The molecule has 0 bridgehead atoms. The summed E-state index contributed by atoms with van der Waals surface area (Å²) < 4.78 is 5.41. The number of carbonyl (C=O) groups excluding carboxylic acids is 1. The maximum absolute atomic E-state index is 12.6. The summed E-state index contributed by atoms with van der Waals surface area (Å²) in [6.45, 7) is 2.53. The van der Waals surface area contributed by atoms with Gasteiger partial charge in [0.15, 0.2) is 11.7 Å². The van der Waals surface area contributed by atoms with Crippen molar-refractivity contribution in [3.63, 3.8) is 0 Å². The maximum Gasteiger partial charge on any atom is 0.243 e. The van der Waals surface area contributed by atoms with E-state index in [0.717, 1.165) is 18.4 Å². The number of hydrogen-bond acceptors (Lipinski definition) is 6. The van der Waals surface area contributed by atoms with Gasteiger partial charge >= 0.3 is 0 Å². The lowest BCUT2D eigenvalue weighted by molar-refractivity contribution is -0.121. The second kappa shape index (κ2) is 6.65. The molecule has 1 N–H and O–H groups in total. The second-order valence-electron chi connectivity index (χ2n) is 6.37. The molecule has 128 valence electrons. The van der Waals surface area contributed by atoms with E-state index in [1.54, 1.807) is 0 Å². The van der Waals surface area contributed by atoms with E-state index in [-0.39, 0.29) is 11.9 Å². The number of amides is 1. The number of para-hydroxylation sites is 2. The monoisotopic (exact) mass is 337 g/mol. The number of aromatic nitrogens is 2. The number of ether oxygens (including phenoxy) is 1. The summed E-state index contributed by atoms with van der Waals surface area (Å²) in [5, 5.41) is 12.6. The van der Waals surface area contributed by atoms with Crippen LogP contribution in [-0.2, 0) is 9.53 Å². The first-order valence-electron chi connectivity index (χ1n) is 8.55. The summed E-state index contributed by atoms with van der Waals surface area (Å²) in [6, 6.07) is 9.84. The first-order valence-corrected chi connectivity index (χ1v) is 8.55. The molecule has 2 heterocycles. The van der Waals surface area contributed by atoms with E-state index in [4.69, 9.17) is 9.72 Å². The normalized spacial score (nSPS) is 18.6. The van der Waals surface area contributed by atoms with E-state index in [9.17, 15) is 10.1 Å². The van der Waals surface area contributed by atoms with Crippen LogP contribution in [0.3, 0.4) is 0 Å². The predicted octanol–water partition coefficient (Wildman–Crippen LogP) is 1.35. The Bertz CT molecular complexity index is 837. The van der Waals surface area contributed by atoms with E-state index >= 15 is 0 Å². The number of benzene rings is 1. The number of nitrogens with one attached hydrogen (secondary N) is 1. The van der Waals surface area contributed by atoms with Gasteiger partial charge in [-0.2, -0.15) is 5.26 Å². The zero-order valence-corrected chi connectivity index (χ0v) is 13.8. The Morgan fingerprint density at radius 1 is 1.24 bits per heavy atom. The van der Waals surface area contributed by atoms with Crippen molar-refractivity contribution in [1.82, 2.24) is 15.3 Å². The van der Waals surface area contributed by atoms with Crippen LogP contribution < -0.4 is 10.2 Å². The average molecular weight is 337 g/mol. The number of fused-ring (bicyclic) bond motifs is 1. The molecule has 1 aliphatic carbocycles. The molecule has 4 rings (SSSR count). The molecule has 2 fully saturated rings. The van der Waals surface area contributed by atoms with Gasteiger partial charge in [0.05, 0.1) is 30.3 Å². The van der Waals surface area contributed by atoms with Gasteiger partial charge in [-0.3, -0.25) is 4.79 Å². The molecule has 0 spiro atoms. The van der Waals surface area contributed by atoms with Crippen molar-refractivity contribution < 1.29 is 9.53 Å². The smallest absolute Gasteiger partial charge is 0.243 e. The number of anilines is 1. The fraction of sp³-hybridized carbons (Fsp3) is 0.444. The highest BCUT2D eigenvalue weighted by Crippen LogP contribution is 2.29. The molecule has 7 heteroatoms. The van der Waals surface area contributed by atoms with Crippen LogP contribution in [0.25, 0.3) is 11.0 Å². The Hall–Kier alpha value is -2.72. The van der Waals surface area contributed by atoms with Crippen LogP contribution in [0.2, 0.25) is 0 Å². The van der Waals surface area contributed by atoms with Crippen LogP contribution in [0.5, 0.6) is 0 Å². The molecule has 2 aromatic rings. The van der Waals surface area contributed by atoms with Gasteiger partial charge in [0.1, 0.15) is 5.69 Å². The van der Waals surface area contributed by atoms with Crippen molar-refractivity contribution >= 4 is 22.8 Å². The van der Waals surface area contributed by atoms with Crippen molar-refractivity contribution in [2.75, 3.05) is 31.2 Å². The summed E-state index contributed by atoms with van der Waals surface area (Å²) in [7, 11) is 0. The van der Waals surface area contributed by atoms with Crippen LogP contribution in [-0.4, -0.2) is 48.2 Å². The van der Waals surface area contributed by atoms with Crippen molar-refractivity contribution in [3.05, 3.63) is 30.0 Å². The minimum absolute atomic E-state index is 0.198. The molecule has 0 radical (unpaired) electrons. The fourth-order valence-electron chi connectivity index (χ4n) is 2.96. The van der Waals surface area contributed by atoms with E-state index in [1.807, 2.05) is 29.2 Å². The third-order valence-electron chi connectivity index (χ3n) is 4.48. The van der Waals surface area contributed by atoms with Gasteiger partial charge in [-0.1, -0.05) is 12.1 Å². The van der Waals surface area contributed by atoms with E-state index in [2.05, 4.69) is 16.4 Å². The number of hydrogen-bond donors (Lipinski definition) is 1. The highest BCUT2D eigenvalue weighted by atomic mass is 16.5. The highest BCUT2D eigenvalue weighted by Gasteiger charge is 2.32. The average Bonchev–Trinajstić information content (AvgIpc) is 3.46.